The third-order valence-electron chi connectivity index (χ3n) is 4.63. The Balaban J connectivity index is 2.03. The predicted molar refractivity (Wildman–Crippen MR) is 103 cm³/mol. The molecule has 0 aromatic heterocycles. The highest BCUT2D eigenvalue weighted by molar-refractivity contribution is 5.94. The highest BCUT2D eigenvalue weighted by Gasteiger charge is 2.33. The van der Waals surface area contributed by atoms with Crippen LogP contribution in [0.3, 0.4) is 0 Å². The zero-order chi connectivity index (χ0) is 22.3. The van der Waals surface area contributed by atoms with Crippen LogP contribution in [0.1, 0.15) is 47.3 Å². The van der Waals surface area contributed by atoms with Gasteiger partial charge >= 0.3 is 12.1 Å². The fourth-order valence-corrected chi connectivity index (χ4v) is 2.98. The van der Waals surface area contributed by atoms with Crippen LogP contribution < -0.4 is 5.32 Å². The molecule has 2 aromatic carbocycles. The normalized spacial score (nSPS) is 12.3. The minimum atomic E-state index is -4.72. The molecule has 1 amide bonds. The van der Waals surface area contributed by atoms with E-state index >= 15 is 0 Å². The molecule has 0 saturated heterocycles. The van der Waals surface area contributed by atoms with E-state index < -0.39 is 30.0 Å². The van der Waals surface area contributed by atoms with Crippen LogP contribution in [0, 0.1) is 11.7 Å². The minimum Gasteiger partial charge on any atom is -0.466 e. The first kappa shape index (κ1) is 23.4. The van der Waals surface area contributed by atoms with E-state index in [0.29, 0.717) is 25.5 Å². The Hall–Kier alpha value is -2.90. The zero-order valence-electron chi connectivity index (χ0n) is 16.7. The summed E-state index contributed by atoms with van der Waals surface area (Å²) in [5, 5.41) is 2.42. The maximum atomic E-state index is 13.2. The monoisotopic (exact) mass is 425 g/mol. The molecule has 0 spiro atoms. The van der Waals surface area contributed by atoms with E-state index in [4.69, 9.17) is 4.74 Å². The maximum absolute atomic E-state index is 13.2. The van der Waals surface area contributed by atoms with Crippen molar-refractivity contribution in [2.45, 2.75) is 39.4 Å². The largest absolute Gasteiger partial charge is 0.466 e. The van der Waals surface area contributed by atoms with Crippen molar-refractivity contribution in [2.24, 2.45) is 5.92 Å². The van der Waals surface area contributed by atoms with Crippen LogP contribution in [-0.4, -0.2) is 18.5 Å². The number of carbonyl (C=O) groups is 2. The second-order valence-corrected chi connectivity index (χ2v) is 6.74. The van der Waals surface area contributed by atoms with Crippen LogP contribution >= 0.6 is 0 Å². The van der Waals surface area contributed by atoms with Gasteiger partial charge in [-0.1, -0.05) is 25.1 Å². The van der Waals surface area contributed by atoms with Gasteiger partial charge in [0.05, 0.1) is 18.1 Å². The summed E-state index contributed by atoms with van der Waals surface area (Å²) in [7, 11) is 0. The number of ether oxygens (including phenoxy) is 1. The molecular formula is C22H23F4NO3. The summed E-state index contributed by atoms with van der Waals surface area (Å²) in [5.41, 5.74) is -0.250. The molecule has 30 heavy (non-hydrogen) atoms. The van der Waals surface area contributed by atoms with Crippen molar-refractivity contribution in [1.29, 1.82) is 0 Å². The molecule has 1 N–H and O–H groups in total. The van der Waals surface area contributed by atoms with E-state index in [1.807, 2.05) is 6.92 Å². The van der Waals surface area contributed by atoms with E-state index in [-0.39, 0.29) is 23.0 Å². The summed E-state index contributed by atoms with van der Waals surface area (Å²) in [6.07, 6.45) is -3.65. The van der Waals surface area contributed by atoms with Crippen LogP contribution in [0.5, 0.6) is 0 Å². The molecule has 1 unspecified atom stereocenters. The number of amides is 1. The average molecular weight is 425 g/mol. The topological polar surface area (TPSA) is 55.4 Å². The van der Waals surface area contributed by atoms with E-state index in [9.17, 15) is 27.2 Å². The smallest absolute Gasteiger partial charge is 0.416 e. The van der Waals surface area contributed by atoms with Crippen molar-refractivity contribution in [2.75, 3.05) is 6.61 Å². The number of hydrogen-bond acceptors (Lipinski definition) is 3. The number of hydrogen-bond donors (Lipinski definition) is 1. The molecule has 4 nitrogen and oxygen atoms in total. The van der Waals surface area contributed by atoms with E-state index in [1.165, 1.54) is 12.1 Å². The van der Waals surface area contributed by atoms with Crippen LogP contribution in [0.4, 0.5) is 17.6 Å². The third-order valence-corrected chi connectivity index (χ3v) is 4.63. The van der Waals surface area contributed by atoms with Gasteiger partial charge in [-0.2, -0.15) is 13.2 Å². The SMILES string of the molecule is CCOC(=O)C(CC)Cc1ccc(C(=O)NCc2ccc(F)cc2C(F)(F)F)cc1. The van der Waals surface area contributed by atoms with Crippen LogP contribution in [0.15, 0.2) is 42.5 Å². The van der Waals surface area contributed by atoms with E-state index in [2.05, 4.69) is 5.32 Å². The predicted octanol–water partition coefficient (Wildman–Crippen LogP) is 4.91. The lowest BCUT2D eigenvalue weighted by molar-refractivity contribution is -0.148. The van der Waals surface area contributed by atoms with Gasteiger partial charge in [-0.3, -0.25) is 9.59 Å². The summed E-state index contributed by atoms with van der Waals surface area (Å²) in [6, 6.07) is 8.78. The van der Waals surface area contributed by atoms with Gasteiger partial charge in [0.25, 0.3) is 5.91 Å². The van der Waals surface area contributed by atoms with Crippen LogP contribution in [0.25, 0.3) is 0 Å². The first-order valence-corrected chi connectivity index (χ1v) is 9.55. The average Bonchev–Trinajstić information content (AvgIpc) is 2.70. The van der Waals surface area contributed by atoms with Gasteiger partial charge in [0.15, 0.2) is 0 Å². The van der Waals surface area contributed by atoms with Crippen molar-refractivity contribution in [3.05, 3.63) is 70.5 Å². The lowest BCUT2D eigenvalue weighted by atomic mass is 9.96. The van der Waals surface area contributed by atoms with Crippen molar-refractivity contribution in [1.82, 2.24) is 5.32 Å². The first-order chi connectivity index (χ1) is 14.2. The van der Waals surface area contributed by atoms with Crippen LogP contribution in [0.2, 0.25) is 0 Å². The first-order valence-electron chi connectivity index (χ1n) is 9.55. The molecule has 0 aliphatic rings. The number of carbonyl (C=O) groups excluding carboxylic acids is 2. The Morgan fingerprint density at radius 2 is 1.73 bits per heavy atom. The Kier molecular flexibility index (Phi) is 7.97. The van der Waals surface area contributed by atoms with Gasteiger partial charge in [0.2, 0.25) is 0 Å². The standard InChI is InChI=1S/C22H23F4NO3/c1-3-15(21(29)30-4-2)11-14-5-7-16(8-6-14)20(28)27-13-17-9-10-18(23)12-19(17)22(24,25)26/h5-10,12,15H,3-4,11,13H2,1-2H3,(H,27,28). The number of rotatable bonds is 8. The maximum Gasteiger partial charge on any atom is 0.416 e. The summed E-state index contributed by atoms with van der Waals surface area (Å²) < 4.78 is 57.3. The molecule has 0 saturated carbocycles. The quantitative estimate of drug-likeness (QED) is 0.483. The molecule has 2 aromatic rings. The van der Waals surface area contributed by atoms with Gasteiger partial charge in [-0.25, -0.2) is 4.39 Å². The lowest BCUT2D eigenvalue weighted by Crippen LogP contribution is -2.24. The van der Waals surface area contributed by atoms with Gasteiger partial charge < -0.3 is 10.1 Å². The summed E-state index contributed by atoms with van der Waals surface area (Å²) in [4.78, 5) is 24.2. The summed E-state index contributed by atoms with van der Waals surface area (Å²) >= 11 is 0. The summed E-state index contributed by atoms with van der Waals surface area (Å²) in [6.45, 7) is 3.53. The number of alkyl halides is 3. The van der Waals surface area contributed by atoms with Gasteiger partial charge in [0.1, 0.15) is 5.82 Å². The minimum absolute atomic E-state index is 0.228. The Labute approximate surface area is 172 Å². The molecule has 0 aliphatic heterocycles. The molecule has 8 heteroatoms. The molecular weight excluding hydrogens is 402 g/mol. The Bertz CT molecular complexity index is 879. The second kappa shape index (κ2) is 10.2. The lowest BCUT2D eigenvalue weighted by Gasteiger charge is -2.14. The molecule has 2 rings (SSSR count). The number of halogens is 4. The van der Waals surface area contributed by atoms with E-state index in [0.717, 1.165) is 17.7 Å². The number of nitrogens with one attached hydrogen (secondary N) is 1. The molecule has 0 bridgehead atoms. The van der Waals surface area contributed by atoms with Crippen molar-refractivity contribution in [3.8, 4) is 0 Å². The highest BCUT2D eigenvalue weighted by Crippen LogP contribution is 2.32. The molecule has 0 radical (unpaired) electrons. The number of esters is 1. The van der Waals surface area contributed by atoms with Crippen molar-refractivity contribution < 1.29 is 31.9 Å². The van der Waals surface area contributed by atoms with E-state index in [1.54, 1.807) is 19.1 Å². The molecule has 0 aliphatic carbocycles. The molecule has 162 valence electrons. The molecule has 0 heterocycles. The van der Waals surface area contributed by atoms with Gasteiger partial charge in [0, 0.05) is 12.1 Å². The molecule has 1 atom stereocenters. The fourth-order valence-electron chi connectivity index (χ4n) is 2.98. The van der Waals surface area contributed by atoms with Crippen molar-refractivity contribution in [3.63, 3.8) is 0 Å². The van der Waals surface area contributed by atoms with Crippen molar-refractivity contribution >= 4 is 11.9 Å². The Morgan fingerprint density at radius 1 is 1.07 bits per heavy atom. The van der Waals surface area contributed by atoms with Gasteiger partial charge in [-0.15, -0.1) is 0 Å². The summed E-state index contributed by atoms with van der Waals surface area (Å²) in [5.74, 6) is -2.12. The number of benzene rings is 2. The molecule has 0 fully saturated rings. The Morgan fingerprint density at radius 3 is 2.30 bits per heavy atom. The van der Waals surface area contributed by atoms with Crippen LogP contribution in [-0.2, 0) is 28.7 Å². The highest BCUT2D eigenvalue weighted by atomic mass is 19.4. The fraction of sp³-hybridized carbons (Fsp3) is 0.364. The zero-order valence-corrected chi connectivity index (χ0v) is 16.7. The van der Waals surface area contributed by atoms with Gasteiger partial charge in [-0.05, 0) is 55.2 Å². The second-order valence-electron chi connectivity index (χ2n) is 6.74. The third kappa shape index (κ3) is 6.30.